The molecule has 4 rings (SSSR count). The Morgan fingerprint density at radius 1 is 0.953 bits per heavy atom. The van der Waals surface area contributed by atoms with Crippen LogP contribution in [0.1, 0.15) is 91.4 Å². The lowest BCUT2D eigenvalue weighted by Gasteiger charge is -2.64. The van der Waals surface area contributed by atoms with E-state index in [-0.39, 0.29) is 95.8 Å². The van der Waals surface area contributed by atoms with Crippen LogP contribution in [0.5, 0.6) is 0 Å². The maximum Gasteiger partial charge on any atom is 0.305 e. The highest BCUT2D eigenvalue weighted by Crippen LogP contribution is 2.69. The van der Waals surface area contributed by atoms with Crippen LogP contribution in [0.25, 0.3) is 0 Å². The Bertz CT molecular complexity index is 1110. The number of esters is 1. The van der Waals surface area contributed by atoms with Gasteiger partial charge in [0, 0.05) is 17.8 Å². The molecule has 0 aromatic carbocycles. The van der Waals surface area contributed by atoms with Gasteiger partial charge in [0.25, 0.3) is 29.5 Å². The van der Waals surface area contributed by atoms with Gasteiger partial charge in [0.1, 0.15) is 18.3 Å². The SMILES string of the molecule is C[C@H](CCC(=O)OCCCCS(=O)(=O)O)C1CC[C@H]2C3C(OC=O)CC4CC(OC=O)CCC4(C)[C@H]3CC(OC=O)C12C. The van der Waals surface area contributed by atoms with Gasteiger partial charge in [0.15, 0.2) is 0 Å². The molecule has 0 spiro atoms. The van der Waals surface area contributed by atoms with Crippen molar-refractivity contribution in [3.05, 3.63) is 0 Å². The highest BCUT2D eigenvalue weighted by atomic mass is 32.2. The zero-order valence-electron chi connectivity index (χ0n) is 25.6. The van der Waals surface area contributed by atoms with Crippen LogP contribution in [-0.4, -0.2) is 69.0 Å². The second-order valence-electron chi connectivity index (χ2n) is 13.9. The number of unbranched alkanes of at least 4 members (excludes halogenated alkanes) is 1. The second kappa shape index (κ2) is 13.8. The zero-order valence-corrected chi connectivity index (χ0v) is 26.4. The van der Waals surface area contributed by atoms with Crippen LogP contribution in [-0.2, 0) is 48.2 Å². The number of hydrogen-bond acceptors (Lipinski definition) is 10. The van der Waals surface area contributed by atoms with Gasteiger partial charge in [-0.1, -0.05) is 20.8 Å². The smallest absolute Gasteiger partial charge is 0.305 e. The Kier molecular flexibility index (Phi) is 10.8. The fraction of sp³-hybridized carbons (Fsp3) is 0.871. The average molecular weight is 629 g/mol. The van der Waals surface area contributed by atoms with Crippen LogP contribution in [0.3, 0.4) is 0 Å². The predicted octanol–water partition coefficient (Wildman–Crippen LogP) is 4.12. The van der Waals surface area contributed by atoms with Crippen molar-refractivity contribution in [1.82, 2.24) is 0 Å². The molecule has 4 fully saturated rings. The molecular formula is C31H48O11S. The summed E-state index contributed by atoms with van der Waals surface area (Å²) in [4.78, 5) is 47.1. The van der Waals surface area contributed by atoms with Crippen molar-refractivity contribution < 1.29 is 51.1 Å². The van der Waals surface area contributed by atoms with Gasteiger partial charge in [-0.15, -0.1) is 0 Å². The van der Waals surface area contributed by atoms with E-state index in [9.17, 15) is 27.6 Å². The van der Waals surface area contributed by atoms with E-state index >= 15 is 0 Å². The lowest BCUT2D eigenvalue weighted by molar-refractivity contribution is -0.218. The number of ether oxygens (including phenoxy) is 4. The van der Waals surface area contributed by atoms with Crippen LogP contribution < -0.4 is 0 Å². The zero-order chi connectivity index (χ0) is 31.4. The first-order valence-corrected chi connectivity index (χ1v) is 17.4. The molecule has 1 N–H and O–H groups in total. The standard InChI is InChI=1S/C31H48O11S/c1-20(6-9-28(35)39-12-4-5-13-43(36,37)38)23-7-8-24-29-25(16-27(42-19-34)31(23,24)3)30(2)11-10-22(40-17-32)14-21(30)15-26(29)41-18-33/h17-27,29H,4-16H2,1-3H3,(H,36,37,38)/t20-,21?,22?,23?,24+,25+,26?,27?,29?,30?,31?/m1/s1. The summed E-state index contributed by atoms with van der Waals surface area (Å²) in [6.45, 7) is 8.40. The van der Waals surface area contributed by atoms with Crippen molar-refractivity contribution >= 4 is 35.5 Å². The second-order valence-corrected chi connectivity index (χ2v) is 15.4. The highest BCUT2D eigenvalue weighted by Gasteiger charge is 2.67. The summed E-state index contributed by atoms with van der Waals surface area (Å²) in [6.07, 6.45) is 6.32. The summed E-state index contributed by atoms with van der Waals surface area (Å²) in [5.41, 5.74) is -0.413. The molecule has 0 bridgehead atoms. The van der Waals surface area contributed by atoms with E-state index in [2.05, 4.69) is 20.8 Å². The molecular weight excluding hydrogens is 580 g/mol. The number of hydrogen-bond donors (Lipinski definition) is 1. The number of rotatable bonds is 15. The predicted molar refractivity (Wildman–Crippen MR) is 154 cm³/mol. The molecule has 43 heavy (non-hydrogen) atoms. The molecule has 11 atom stereocenters. The molecule has 0 aromatic rings. The van der Waals surface area contributed by atoms with E-state index in [4.69, 9.17) is 23.5 Å². The normalized spacial score (nSPS) is 39.3. The van der Waals surface area contributed by atoms with Gasteiger partial charge >= 0.3 is 5.97 Å². The van der Waals surface area contributed by atoms with Crippen molar-refractivity contribution in [2.45, 2.75) is 110 Å². The monoisotopic (exact) mass is 628 g/mol. The minimum atomic E-state index is -4.02. The molecule has 8 unspecified atom stereocenters. The average Bonchev–Trinajstić information content (AvgIpc) is 3.30. The topological polar surface area (TPSA) is 160 Å². The Morgan fingerprint density at radius 2 is 1.67 bits per heavy atom. The van der Waals surface area contributed by atoms with Crippen molar-refractivity contribution in [3.63, 3.8) is 0 Å². The van der Waals surface area contributed by atoms with E-state index in [1.807, 2.05) is 0 Å². The fourth-order valence-electron chi connectivity index (χ4n) is 9.94. The molecule has 11 nitrogen and oxygen atoms in total. The van der Waals surface area contributed by atoms with Gasteiger partial charge in [-0.3, -0.25) is 23.7 Å². The van der Waals surface area contributed by atoms with Gasteiger partial charge < -0.3 is 18.9 Å². The van der Waals surface area contributed by atoms with Crippen molar-refractivity contribution in [2.75, 3.05) is 12.4 Å². The van der Waals surface area contributed by atoms with Gasteiger partial charge in [0.2, 0.25) is 0 Å². The van der Waals surface area contributed by atoms with E-state index in [0.29, 0.717) is 38.7 Å². The molecule has 4 aliphatic carbocycles. The van der Waals surface area contributed by atoms with Gasteiger partial charge in [-0.2, -0.15) is 8.42 Å². The summed E-state index contributed by atoms with van der Waals surface area (Å²) in [6, 6.07) is 0. The minimum Gasteiger partial charge on any atom is -0.466 e. The van der Waals surface area contributed by atoms with E-state index in [1.54, 1.807) is 0 Å². The van der Waals surface area contributed by atoms with Crippen LogP contribution in [0.4, 0.5) is 0 Å². The van der Waals surface area contributed by atoms with Gasteiger partial charge in [0.05, 0.1) is 12.4 Å². The van der Waals surface area contributed by atoms with Crippen molar-refractivity contribution in [2.24, 2.45) is 46.3 Å². The van der Waals surface area contributed by atoms with E-state index < -0.39 is 10.1 Å². The van der Waals surface area contributed by atoms with Crippen molar-refractivity contribution in [3.8, 4) is 0 Å². The first-order valence-electron chi connectivity index (χ1n) is 15.8. The molecule has 4 aliphatic rings. The number of carbonyl (C=O) groups is 4. The lowest BCUT2D eigenvalue weighted by atomic mass is 9.43. The summed E-state index contributed by atoms with van der Waals surface area (Å²) < 4.78 is 52.9. The summed E-state index contributed by atoms with van der Waals surface area (Å²) in [5.74, 6) is 0.316. The van der Waals surface area contributed by atoms with E-state index in [0.717, 1.165) is 38.5 Å². The van der Waals surface area contributed by atoms with Crippen LogP contribution in [0.15, 0.2) is 0 Å². The summed E-state index contributed by atoms with van der Waals surface area (Å²) in [7, 11) is -4.02. The molecule has 0 aromatic heterocycles. The van der Waals surface area contributed by atoms with Crippen LogP contribution >= 0.6 is 0 Å². The molecule has 12 heteroatoms. The third kappa shape index (κ3) is 7.05. The van der Waals surface area contributed by atoms with Crippen LogP contribution in [0, 0.1) is 46.3 Å². The molecule has 244 valence electrons. The lowest BCUT2D eigenvalue weighted by Crippen LogP contribution is -2.63. The molecule has 0 radical (unpaired) electrons. The molecule has 0 saturated heterocycles. The molecule has 4 saturated carbocycles. The number of fused-ring (bicyclic) bond motifs is 5. The highest BCUT2D eigenvalue weighted by molar-refractivity contribution is 7.85. The Hall–Kier alpha value is -2.21. The Labute approximate surface area is 254 Å². The Morgan fingerprint density at radius 3 is 2.35 bits per heavy atom. The fourth-order valence-corrected chi connectivity index (χ4v) is 10.5. The first-order chi connectivity index (χ1) is 20.4. The third-order valence-corrected chi connectivity index (χ3v) is 12.8. The van der Waals surface area contributed by atoms with E-state index in [1.165, 1.54) is 0 Å². The molecule has 0 amide bonds. The molecule has 0 heterocycles. The van der Waals surface area contributed by atoms with Gasteiger partial charge in [-0.05, 0) is 99.2 Å². The maximum absolute atomic E-state index is 12.4. The maximum atomic E-state index is 12.4. The largest absolute Gasteiger partial charge is 0.466 e. The van der Waals surface area contributed by atoms with Crippen LogP contribution in [0.2, 0.25) is 0 Å². The molecule has 0 aliphatic heterocycles. The quantitative estimate of drug-likeness (QED) is 0.0914. The Balaban J connectivity index is 1.47. The first kappa shape index (κ1) is 33.7. The summed E-state index contributed by atoms with van der Waals surface area (Å²) in [5, 5.41) is 0. The number of carbonyl (C=O) groups excluding carboxylic acids is 4. The third-order valence-electron chi connectivity index (χ3n) is 12.0. The minimum absolute atomic E-state index is 0.0587. The van der Waals surface area contributed by atoms with Crippen molar-refractivity contribution in [1.29, 1.82) is 0 Å². The van der Waals surface area contributed by atoms with Gasteiger partial charge in [-0.25, -0.2) is 0 Å². The summed E-state index contributed by atoms with van der Waals surface area (Å²) >= 11 is 0.